The Hall–Kier alpha value is -2.99. The van der Waals surface area contributed by atoms with E-state index in [4.69, 9.17) is 5.11 Å². The number of aliphatic hydroxyl groups is 1. The van der Waals surface area contributed by atoms with Crippen molar-refractivity contribution < 1.29 is 9.90 Å². The first-order valence-electron chi connectivity index (χ1n) is 7.58. The van der Waals surface area contributed by atoms with Crippen LogP contribution in [-0.2, 0) is 13.2 Å². The molecule has 2 aromatic heterocycles. The highest BCUT2D eigenvalue weighted by atomic mass is 16.3. The number of hydrogen-bond acceptors (Lipinski definition) is 4. The molecule has 0 spiro atoms. The number of carbonyl (C=O) groups is 1. The lowest BCUT2D eigenvalue weighted by Crippen LogP contribution is -2.27. The van der Waals surface area contributed by atoms with Gasteiger partial charge in [-0.2, -0.15) is 5.10 Å². The zero-order valence-electron chi connectivity index (χ0n) is 13.3. The maximum Gasteiger partial charge on any atom is 0.272 e. The minimum atomic E-state index is -0.181. The number of rotatable bonds is 5. The molecule has 2 heterocycles. The van der Waals surface area contributed by atoms with Gasteiger partial charge in [0.25, 0.3) is 5.91 Å². The van der Waals surface area contributed by atoms with Gasteiger partial charge in [0, 0.05) is 26.0 Å². The van der Waals surface area contributed by atoms with E-state index < -0.39 is 0 Å². The molecule has 0 saturated carbocycles. The fourth-order valence-corrected chi connectivity index (χ4v) is 2.40. The zero-order valence-corrected chi connectivity index (χ0v) is 13.3. The summed E-state index contributed by atoms with van der Waals surface area (Å²) in [6, 6.07) is 14.8. The maximum absolute atomic E-state index is 12.4. The topological polar surface area (TPSA) is 71.2 Å². The first-order valence-corrected chi connectivity index (χ1v) is 7.58. The van der Waals surface area contributed by atoms with Crippen LogP contribution in [0.15, 0.2) is 60.9 Å². The molecular weight excluding hydrogens is 304 g/mol. The number of nitrogens with zero attached hydrogens (tertiary/aromatic N) is 4. The fourth-order valence-electron chi connectivity index (χ4n) is 2.40. The van der Waals surface area contributed by atoms with E-state index in [-0.39, 0.29) is 12.5 Å². The molecule has 1 N–H and O–H groups in total. The standard InChI is InChI=1S/C18H18N4O2/c1-21(18(24)17-5-2-4-15(13-23)20-17)12-14-6-8-16(9-7-14)22-11-3-10-19-22/h2-11,23H,12-13H2,1H3. The van der Waals surface area contributed by atoms with Crippen molar-refractivity contribution in [1.29, 1.82) is 0 Å². The molecule has 3 aromatic rings. The second-order valence-corrected chi connectivity index (χ2v) is 5.45. The van der Waals surface area contributed by atoms with Crippen molar-refractivity contribution in [3.05, 3.63) is 77.9 Å². The summed E-state index contributed by atoms with van der Waals surface area (Å²) in [5, 5.41) is 13.3. The summed E-state index contributed by atoms with van der Waals surface area (Å²) in [6.07, 6.45) is 3.61. The second-order valence-electron chi connectivity index (χ2n) is 5.45. The Bertz CT molecular complexity index is 813. The highest BCUT2D eigenvalue weighted by Gasteiger charge is 2.14. The molecule has 0 aliphatic heterocycles. The number of aliphatic hydroxyl groups excluding tert-OH is 1. The summed E-state index contributed by atoms with van der Waals surface area (Å²) in [5.74, 6) is -0.179. The Labute approximate surface area is 140 Å². The third kappa shape index (κ3) is 3.49. The van der Waals surface area contributed by atoms with Crippen LogP contribution in [0.4, 0.5) is 0 Å². The average molecular weight is 322 g/mol. The van der Waals surface area contributed by atoms with Crippen LogP contribution in [0.25, 0.3) is 5.69 Å². The van der Waals surface area contributed by atoms with Crippen LogP contribution in [-0.4, -0.2) is 37.7 Å². The van der Waals surface area contributed by atoms with Crippen LogP contribution >= 0.6 is 0 Å². The normalized spacial score (nSPS) is 10.6. The lowest BCUT2D eigenvalue weighted by atomic mass is 10.2. The first kappa shape index (κ1) is 15.9. The lowest BCUT2D eigenvalue weighted by molar-refractivity contribution is 0.0778. The van der Waals surface area contributed by atoms with Crippen LogP contribution in [0.2, 0.25) is 0 Å². The molecule has 24 heavy (non-hydrogen) atoms. The summed E-state index contributed by atoms with van der Waals surface area (Å²) in [5.41, 5.74) is 2.80. The molecule has 122 valence electrons. The lowest BCUT2D eigenvalue weighted by Gasteiger charge is -2.17. The Morgan fingerprint density at radius 1 is 1.17 bits per heavy atom. The Morgan fingerprint density at radius 2 is 1.96 bits per heavy atom. The number of pyridine rings is 1. The molecule has 0 unspecified atom stereocenters. The van der Waals surface area contributed by atoms with Gasteiger partial charge in [0.2, 0.25) is 0 Å². The number of hydrogen-bond donors (Lipinski definition) is 1. The predicted octanol–water partition coefficient (Wildman–Crippen LogP) is 2.03. The Kier molecular flexibility index (Phi) is 4.67. The molecular formula is C18H18N4O2. The molecule has 0 radical (unpaired) electrons. The molecule has 6 nitrogen and oxygen atoms in total. The molecule has 1 amide bonds. The third-order valence-electron chi connectivity index (χ3n) is 3.66. The Balaban J connectivity index is 1.69. The quantitative estimate of drug-likeness (QED) is 0.780. The first-order chi connectivity index (χ1) is 11.7. The van der Waals surface area contributed by atoms with Gasteiger partial charge in [0.1, 0.15) is 5.69 Å². The van der Waals surface area contributed by atoms with Crippen molar-refractivity contribution >= 4 is 5.91 Å². The van der Waals surface area contributed by atoms with Gasteiger partial charge in [0.05, 0.1) is 18.0 Å². The van der Waals surface area contributed by atoms with Gasteiger partial charge in [0.15, 0.2) is 0 Å². The summed E-state index contributed by atoms with van der Waals surface area (Å²) in [4.78, 5) is 18.2. The molecule has 0 fully saturated rings. The fraction of sp³-hybridized carbons (Fsp3) is 0.167. The summed E-state index contributed by atoms with van der Waals surface area (Å²) in [6.45, 7) is 0.295. The van der Waals surface area contributed by atoms with Gasteiger partial charge in [-0.05, 0) is 35.9 Å². The molecule has 0 saturated heterocycles. The Morgan fingerprint density at radius 3 is 2.62 bits per heavy atom. The molecule has 0 aliphatic rings. The zero-order chi connectivity index (χ0) is 16.9. The maximum atomic E-state index is 12.4. The van der Waals surface area contributed by atoms with E-state index >= 15 is 0 Å². The van der Waals surface area contributed by atoms with Crippen molar-refractivity contribution in [3.63, 3.8) is 0 Å². The number of aromatic nitrogens is 3. The van der Waals surface area contributed by atoms with Crippen molar-refractivity contribution in [2.45, 2.75) is 13.2 Å². The van der Waals surface area contributed by atoms with Crippen molar-refractivity contribution in [3.8, 4) is 5.69 Å². The van der Waals surface area contributed by atoms with Gasteiger partial charge in [-0.3, -0.25) is 4.79 Å². The minimum Gasteiger partial charge on any atom is -0.390 e. The smallest absolute Gasteiger partial charge is 0.272 e. The van der Waals surface area contributed by atoms with Gasteiger partial charge < -0.3 is 10.0 Å². The van der Waals surface area contributed by atoms with Crippen molar-refractivity contribution in [2.75, 3.05) is 7.05 Å². The second kappa shape index (κ2) is 7.06. The molecule has 0 bridgehead atoms. The number of carbonyl (C=O) groups excluding carboxylic acids is 1. The minimum absolute atomic E-state index is 0.179. The predicted molar refractivity (Wildman–Crippen MR) is 89.5 cm³/mol. The van der Waals surface area contributed by atoms with Crippen LogP contribution in [0, 0.1) is 0 Å². The van der Waals surface area contributed by atoms with Gasteiger partial charge in [-0.1, -0.05) is 18.2 Å². The van der Waals surface area contributed by atoms with E-state index in [9.17, 15) is 4.79 Å². The van der Waals surface area contributed by atoms with Crippen LogP contribution in [0.5, 0.6) is 0 Å². The van der Waals surface area contributed by atoms with E-state index in [1.807, 2.05) is 36.5 Å². The number of amides is 1. The largest absolute Gasteiger partial charge is 0.390 e. The highest BCUT2D eigenvalue weighted by molar-refractivity contribution is 5.92. The van der Waals surface area contributed by atoms with Gasteiger partial charge in [-0.25, -0.2) is 9.67 Å². The third-order valence-corrected chi connectivity index (χ3v) is 3.66. The summed E-state index contributed by atoms with van der Waals surface area (Å²) >= 11 is 0. The SMILES string of the molecule is CN(Cc1ccc(-n2cccn2)cc1)C(=O)c1cccc(CO)n1. The molecule has 1 aromatic carbocycles. The highest BCUT2D eigenvalue weighted by Crippen LogP contribution is 2.12. The van der Waals surface area contributed by atoms with E-state index in [2.05, 4.69) is 10.1 Å². The monoisotopic (exact) mass is 322 g/mol. The molecule has 0 aliphatic carbocycles. The molecule has 3 rings (SSSR count). The van der Waals surface area contributed by atoms with Gasteiger partial charge >= 0.3 is 0 Å². The van der Waals surface area contributed by atoms with E-state index in [0.29, 0.717) is 17.9 Å². The van der Waals surface area contributed by atoms with Crippen LogP contribution in [0.1, 0.15) is 21.7 Å². The van der Waals surface area contributed by atoms with E-state index in [0.717, 1.165) is 11.3 Å². The van der Waals surface area contributed by atoms with Crippen LogP contribution < -0.4 is 0 Å². The van der Waals surface area contributed by atoms with Crippen LogP contribution in [0.3, 0.4) is 0 Å². The molecule has 0 atom stereocenters. The summed E-state index contributed by atoms with van der Waals surface area (Å²) < 4.78 is 1.78. The summed E-state index contributed by atoms with van der Waals surface area (Å²) in [7, 11) is 1.73. The van der Waals surface area contributed by atoms with Crippen molar-refractivity contribution in [2.24, 2.45) is 0 Å². The van der Waals surface area contributed by atoms with Gasteiger partial charge in [-0.15, -0.1) is 0 Å². The van der Waals surface area contributed by atoms with Crippen molar-refractivity contribution in [1.82, 2.24) is 19.7 Å². The van der Waals surface area contributed by atoms with E-state index in [1.165, 1.54) is 0 Å². The van der Waals surface area contributed by atoms with E-state index in [1.54, 1.807) is 41.0 Å². The average Bonchev–Trinajstić information content (AvgIpc) is 3.16. The molecule has 6 heteroatoms. The number of benzene rings is 1.